The van der Waals surface area contributed by atoms with E-state index in [1.807, 2.05) is 30.5 Å². The lowest BCUT2D eigenvalue weighted by molar-refractivity contribution is 0.576. The van der Waals surface area contributed by atoms with E-state index in [2.05, 4.69) is 14.7 Å². The summed E-state index contributed by atoms with van der Waals surface area (Å²) < 4.78 is 26.6. The number of aryl methyl sites for hydroxylation is 1. The molecule has 0 saturated carbocycles. The van der Waals surface area contributed by atoms with Crippen LogP contribution >= 0.6 is 11.6 Å². The fourth-order valence-corrected chi connectivity index (χ4v) is 2.61. The SMILES string of the molecule is Cc1ccc2nc(C(C)Cl)n(CCNS(C)(=O)=O)c2n1. The average molecular weight is 317 g/mol. The lowest BCUT2D eigenvalue weighted by Crippen LogP contribution is -2.26. The minimum atomic E-state index is -3.21. The van der Waals surface area contributed by atoms with Crippen LogP contribution in [0, 0.1) is 6.92 Å². The van der Waals surface area contributed by atoms with Crippen LogP contribution in [0.25, 0.3) is 11.2 Å². The Balaban J connectivity index is 2.38. The first-order valence-electron chi connectivity index (χ1n) is 6.20. The molecule has 2 heterocycles. The van der Waals surface area contributed by atoms with Crippen molar-refractivity contribution in [2.24, 2.45) is 0 Å². The van der Waals surface area contributed by atoms with Crippen LogP contribution in [-0.2, 0) is 16.6 Å². The smallest absolute Gasteiger partial charge is 0.208 e. The summed E-state index contributed by atoms with van der Waals surface area (Å²) in [6.07, 6.45) is 1.13. The molecule has 2 aromatic rings. The zero-order chi connectivity index (χ0) is 14.9. The predicted molar refractivity (Wildman–Crippen MR) is 79.4 cm³/mol. The van der Waals surface area contributed by atoms with Crippen molar-refractivity contribution in [2.75, 3.05) is 12.8 Å². The monoisotopic (exact) mass is 316 g/mol. The summed E-state index contributed by atoms with van der Waals surface area (Å²) in [5.41, 5.74) is 2.36. The number of nitrogens with one attached hydrogen (secondary N) is 1. The largest absolute Gasteiger partial charge is 0.310 e. The fraction of sp³-hybridized carbons (Fsp3) is 0.500. The van der Waals surface area contributed by atoms with Crippen molar-refractivity contribution < 1.29 is 8.42 Å². The van der Waals surface area contributed by atoms with E-state index < -0.39 is 10.0 Å². The number of imidazole rings is 1. The lowest BCUT2D eigenvalue weighted by Gasteiger charge is -2.10. The number of alkyl halides is 1. The molecule has 0 spiro atoms. The van der Waals surface area contributed by atoms with E-state index in [1.165, 1.54) is 0 Å². The van der Waals surface area contributed by atoms with Crippen molar-refractivity contribution in [2.45, 2.75) is 25.8 Å². The van der Waals surface area contributed by atoms with Crippen LogP contribution in [-0.4, -0.2) is 35.8 Å². The second-order valence-corrected chi connectivity index (χ2v) is 7.19. The Hall–Kier alpha value is -1.18. The zero-order valence-electron chi connectivity index (χ0n) is 11.6. The number of rotatable bonds is 5. The molecule has 0 saturated heterocycles. The number of hydrogen-bond donors (Lipinski definition) is 1. The number of aromatic nitrogens is 3. The summed E-state index contributed by atoms with van der Waals surface area (Å²) in [4.78, 5) is 8.92. The van der Waals surface area contributed by atoms with Gasteiger partial charge in [-0.2, -0.15) is 0 Å². The number of fused-ring (bicyclic) bond motifs is 1. The quantitative estimate of drug-likeness (QED) is 0.850. The standard InChI is InChI=1S/C12H17ClN4O2S/c1-8-4-5-10-12(15-8)17(11(16-10)9(2)13)7-6-14-20(3,18)19/h4-5,9,14H,6-7H2,1-3H3. The molecule has 1 unspecified atom stereocenters. The number of nitrogens with zero attached hydrogens (tertiary/aromatic N) is 3. The maximum absolute atomic E-state index is 11.1. The van der Waals surface area contributed by atoms with Crippen LogP contribution in [0.1, 0.15) is 23.8 Å². The molecule has 0 amide bonds. The highest BCUT2D eigenvalue weighted by Crippen LogP contribution is 2.23. The summed E-state index contributed by atoms with van der Waals surface area (Å²) >= 11 is 6.14. The van der Waals surface area contributed by atoms with Crippen molar-refractivity contribution in [1.29, 1.82) is 0 Å². The molecule has 2 rings (SSSR count). The van der Waals surface area contributed by atoms with E-state index in [-0.39, 0.29) is 11.9 Å². The molecule has 110 valence electrons. The zero-order valence-corrected chi connectivity index (χ0v) is 13.2. The van der Waals surface area contributed by atoms with E-state index >= 15 is 0 Å². The number of sulfonamides is 1. The molecule has 2 aromatic heterocycles. The van der Waals surface area contributed by atoms with Gasteiger partial charge in [-0.3, -0.25) is 0 Å². The minimum absolute atomic E-state index is 0.274. The van der Waals surface area contributed by atoms with E-state index in [4.69, 9.17) is 11.6 Å². The molecule has 6 nitrogen and oxygen atoms in total. The summed E-state index contributed by atoms with van der Waals surface area (Å²) in [7, 11) is -3.21. The van der Waals surface area contributed by atoms with Crippen LogP contribution in [0.4, 0.5) is 0 Å². The maximum Gasteiger partial charge on any atom is 0.208 e. The Kier molecular flexibility index (Phi) is 4.31. The minimum Gasteiger partial charge on any atom is -0.310 e. The van der Waals surface area contributed by atoms with Gasteiger partial charge in [0.25, 0.3) is 0 Å². The highest BCUT2D eigenvalue weighted by atomic mass is 35.5. The molecule has 1 atom stereocenters. The molecule has 8 heteroatoms. The summed E-state index contributed by atoms with van der Waals surface area (Å²) in [6.45, 7) is 4.44. The average Bonchev–Trinajstić information content (AvgIpc) is 2.66. The van der Waals surface area contributed by atoms with Crippen LogP contribution in [0.2, 0.25) is 0 Å². The third-order valence-electron chi connectivity index (χ3n) is 2.82. The number of halogens is 1. The Labute approximate surface area is 123 Å². The molecule has 0 aliphatic carbocycles. The van der Waals surface area contributed by atoms with Crippen molar-refractivity contribution in [3.05, 3.63) is 23.7 Å². The molecular weight excluding hydrogens is 300 g/mol. The summed E-state index contributed by atoms with van der Waals surface area (Å²) in [5.74, 6) is 0.690. The van der Waals surface area contributed by atoms with E-state index in [1.54, 1.807) is 0 Å². The van der Waals surface area contributed by atoms with Crippen LogP contribution in [0.15, 0.2) is 12.1 Å². The van der Waals surface area contributed by atoms with Gasteiger partial charge in [0.1, 0.15) is 11.3 Å². The van der Waals surface area contributed by atoms with Crippen molar-refractivity contribution in [1.82, 2.24) is 19.3 Å². The molecule has 1 N–H and O–H groups in total. The van der Waals surface area contributed by atoms with Gasteiger partial charge in [-0.1, -0.05) is 0 Å². The molecule has 0 radical (unpaired) electrons. The first-order chi connectivity index (χ1) is 9.28. The topological polar surface area (TPSA) is 76.9 Å². The summed E-state index contributed by atoms with van der Waals surface area (Å²) in [5, 5.41) is -0.275. The van der Waals surface area contributed by atoms with Crippen LogP contribution < -0.4 is 4.72 Å². The fourth-order valence-electron chi connectivity index (χ4n) is 1.98. The van der Waals surface area contributed by atoms with E-state index in [0.717, 1.165) is 23.1 Å². The van der Waals surface area contributed by atoms with Crippen LogP contribution in [0.3, 0.4) is 0 Å². The highest BCUT2D eigenvalue weighted by Gasteiger charge is 2.16. The maximum atomic E-state index is 11.1. The van der Waals surface area contributed by atoms with Crippen molar-refractivity contribution in [3.63, 3.8) is 0 Å². The third-order valence-corrected chi connectivity index (χ3v) is 3.74. The Morgan fingerprint density at radius 1 is 1.40 bits per heavy atom. The molecule has 20 heavy (non-hydrogen) atoms. The first-order valence-corrected chi connectivity index (χ1v) is 8.53. The van der Waals surface area contributed by atoms with Gasteiger partial charge in [0, 0.05) is 18.8 Å². The van der Waals surface area contributed by atoms with E-state index in [0.29, 0.717) is 12.4 Å². The number of pyridine rings is 1. The number of hydrogen-bond acceptors (Lipinski definition) is 4. The molecule has 0 aliphatic rings. The van der Waals surface area contributed by atoms with Gasteiger partial charge in [-0.15, -0.1) is 11.6 Å². The molecule has 0 bridgehead atoms. The second-order valence-electron chi connectivity index (χ2n) is 4.70. The predicted octanol–water partition coefficient (Wildman–Crippen LogP) is 1.59. The molecule has 0 aliphatic heterocycles. The summed E-state index contributed by atoms with van der Waals surface area (Å²) in [6, 6.07) is 3.78. The lowest BCUT2D eigenvalue weighted by atomic mass is 10.3. The van der Waals surface area contributed by atoms with Gasteiger partial charge in [0.15, 0.2) is 5.65 Å². The Morgan fingerprint density at radius 3 is 2.70 bits per heavy atom. The molecular formula is C12H17ClN4O2S. The van der Waals surface area contributed by atoms with Gasteiger partial charge in [-0.25, -0.2) is 23.1 Å². The Morgan fingerprint density at radius 2 is 2.10 bits per heavy atom. The molecule has 0 fully saturated rings. The van der Waals surface area contributed by atoms with Gasteiger partial charge in [0.2, 0.25) is 10.0 Å². The highest BCUT2D eigenvalue weighted by molar-refractivity contribution is 7.88. The van der Waals surface area contributed by atoms with Gasteiger partial charge in [-0.05, 0) is 26.0 Å². The van der Waals surface area contributed by atoms with Gasteiger partial charge in [0.05, 0.1) is 11.6 Å². The van der Waals surface area contributed by atoms with Gasteiger partial charge >= 0.3 is 0 Å². The van der Waals surface area contributed by atoms with E-state index in [9.17, 15) is 8.42 Å². The Bertz CT molecular complexity index is 724. The normalized spacial score (nSPS) is 13.8. The van der Waals surface area contributed by atoms with Gasteiger partial charge < -0.3 is 4.57 Å². The van der Waals surface area contributed by atoms with Crippen molar-refractivity contribution in [3.8, 4) is 0 Å². The first kappa shape index (κ1) is 15.2. The molecule has 0 aromatic carbocycles. The third kappa shape index (κ3) is 3.47. The second kappa shape index (κ2) is 5.67. The van der Waals surface area contributed by atoms with Crippen LogP contribution in [0.5, 0.6) is 0 Å². The van der Waals surface area contributed by atoms with Crippen molar-refractivity contribution >= 4 is 32.8 Å².